The molecule has 1 amide bonds. The number of likely N-dealkylation sites (tertiary alicyclic amines) is 1. The van der Waals surface area contributed by atoms with Crippen LogP contribution < -0.4 is 0 Å². The second-order valence-electron chi connectivity index (χ2n) is 4.19. The van der Waals surface area contributed by atoms with Gasteiger partial charge in [0.15, 0.2) is 0 Å². The maximum absolute atomic E-state index is 11.7. The molecule has 0 aromatic rings. The molecule has 0 radical (unpaired) electrons. The monoisotopic (exact) mass is 245 g/mol. The number of carbonyl (C=O) groups is 1. The molecule has 0 bridgehead atoms. The van der Waals surface area contributed by atoms with Crippen LogP contribution in [0.5, 0.6) is 0 Å². The van der Waals surface area contributed by atoms with Crippen molar-refractivity contribution in [3.63, 3.8) is 0 Å². The molecule has 13 heavy (non-hydrogen) atoms. The molecule has 0 aromatic heterocycles. The van der Waals surface area contributed by atoms with Crippen molar-refractivity contribution in [2.24, 2.45) is 11.8 Å². The Kier molecular flexibility index (Phi) is 2.92. The molecule has 0 aromatic carbocycles. The largest absolute Gasteiger partial charge is 0.342 e. The van der Waals surface area contributed by atoms with E-state index in [4.69, 9.17) is 0 Å². The first-order valence-electron chi connectivity index (χ1n) is 5.16. The lowest BCUT2D eigenvalue weighted by Gasteiger charge is -2.15. The molecular formula is C10H16BrNO. The van der Waals surface area contributed by atoms with Crippen molar-refractivity contribution in [2.45, 2.75) is 25.7 Å². The minimum Gasteiger partial charge on any atom is -0.342 e. The Labute approximate surface area is 87.8 Å². The third kappa shape index (κ3) is 2.25. The highest BCUT2D eigenvalue weighted by Gasteiger charge is 2.36. The third-order valence-electron chi connectivity index (χ3n) is 3.04. The zero-order valence-electron chi connectivity index (χ0n) is 7.84. The summed E-state index contributed by atoms with van der Waals surface area (Å²) in [5.41, 5.74) is 0. The minimum absolute atomic E-state index is 0.405. The third-order valence-corrected chi connectivity index (χ3v) is 3.50. The zero-order chi connectivity index (χ0) is 9.26. The fourth-order valence-electron chi connectivity index (χ4n) is 2.01. The van der Waals surface area contributed by atoms with Crippen molar-refractivity contribution in [1.29, 1.82) is 0 Å². The van der Waals surface area contributed by atoms with Gasteiger partial charge in [-0.3, -0.25) is 4.79 Å². The Hall–Kier alpha value is -0.0500. The number of alkyl halides is 1. The Bertz CT molecular complexity index is 203. The van der Waals surface area contributed by atoms with Crippen LogP contribution in [0.3, 0.4) is 0 Å². The highest BCUT2D eigenvalue weighted by molar-refractivity contribution is 9.09. The van der Waals surface area contributed by atoms with Crippen molar-refractivity contribution in [3.05, 3.63) is 0 Å². The van der Waals surface area contributed by atoms with Gasteiger partial charge in [-0.25, -0.2) is 0 Å². The fourth-order valence-corrected chi connectivity index (χ4v) is 2.66. The van der Waals surface area contributed by atoms with E-state index in [9.17, 15) is 4.79 Å². The topological polar surface area (TPSA) is 20.3 Å². The van der Waals surface area contributed by atoms with Crippen molar-refractivity contribution in [2.75, 3.05) is 18.4 Å². The molecule has 2 nitrogen and oxygen atoms in total. The van der Waals surface area contributed by atoms with E-state index in [1.807, 2.05) is 0 Å². The molecule has 1 saturated carbocycles. The van der Waals surface area contributed by atoms with Crippen LogP contribution in [0.15, 0.2) is 0 Å². The first-order valence-corrected chi connectivity index (χ1v) is 6.28. The van der Waals surface area contributed by atoms with Crippen LogP contribution in [0.1, 0.15) is 25.7 Å². The summed E-state index contributed by atoms with van der Waals surface area (Å²) < 4.78 is 0. The molecule has 2 rings (SSSR count). The van der Waals surface area contributed by atoms with Crippen molar-refractivity contribution < 1.29 is 4.79 Å². The smallest absolute Gasteiger partial charge is 0.225 e. The number of rotatable bonds is 3. The number of hydrogen-bond donors (Lipinski definition) is 0. The van der Waals surface area contributed by atoms with Crippen LogP contribution >= 0.6 is 15.9 Å². The zero-order valence-corrected chi connectivity index (χ0v) is 9.42. The Morgan fingerprint density at radius 2 is 2.15 bits per heavy atom. The molecule has 2 fully saturated rings. The molecular weight excluding hydrogens is 230 g/mol. The van der Waals surface area contributed by atoms with Crippen molar-refractivity contribution >= 4 is 21.8 Å². The summed E-state index contributed by atoms with van der Waals surface area (Å²) in [6.07, 6.45) is 4.70. The van der Waals surface area contributed by atoms with E-state index in [1.54, 1.807) is 0 Å². The summed E-state index contributed by atoms with van der Waals surface area (Å²) in [4.78, 5) is 13.7. The van der Waals surface area contributed by atoms with E-state index in [1.165, 1.54) is 12.8 Å². The quantitative estimate of drug-likeness (QED) is 0.698. The molecule has 1 heterocycles. The van der Waals surface area contributed by atoms with E-state index >= 15 is 0 Å². The molecule has 0 N–H and O–H groups in total. The molecule has 1 atom stereocenters. The van der Waals surface area contributed by atoms with Gasteiger partial charge in [0.05, 0.1) is 0 Å². The van der Waals surface area contributed by atoms with Crippen molar-refractivity contribution in [1.82, 2.24) is 4.90 Å². The van der Waals surface area contributed by atoms with E-state index in [2.05, 4.69) is 20.8 Å². The molecule has 1 aliphatic heterocycles. The predicted molar refractivity (Wildman–Crippen MR) is 55.8 cm³/mol. The van der Waals surface area contributed by atoms with Crippen LogP contribution in [0.4, 0.5) is 0 Å². The number of nitrogens with zero attached hydrogens (tertiary/aromatic N) is 1. The molecule has 1 unspecified atom stereocenters. The fraction of sp³-hybridized carbons (Fsp3) is 0.900. The van der Waals surface area contributed by atoms with Gasteiger partial charge in [-0.1, -0.05) is 15.9 Å². The Balaban J connectivity index is 1.79. The average Bonchev–Trinajstić information content (AvgIpc) is 2.87. The molecule has 74 valence electrons. The molecule has 2 aliphatic rings. The second kappa shape index (κ2) is 3.99. The van der Waals surface area contributed by atoms with Crippen molar-refractivity contribution in [3.8, 4) is 0 Å². The van der Waals surface area contributed by atoms with Crippen LogP contribution in [0, 0.1) is 11.8 Å². The lowest BCUT2D eigenvalue weighted by molar-refractivity contribution is -0.131. The van der Waals surface area contributed by atoms with E-state index < -0.39 is 0 Å². The van der Waals surface area contributed by atoms with Gasteiger partial charge in [-0.15, -0.1) is 0 Å². The maximum atomic E-state index is 11.7. The van der Waals surface area contributed by atoms with Gasteiger partial charge in [-0.2, -0.15) is 0 Å². The summed E-state index contributed by atoms with van der Waals surface area (Å²) in [7, 11) is 0. The van der Waals surface area contributed by atoms with Gasteiger partial charge in [-0.05, 0) is 31.6 Å². The SMILES string of the molecule is O=C(C1CC1)N1CCC(CCBr)C1. The maximum Gasteiger partial charge on any atom is 0.225 e. The van der Waals surface area contributed by atoms with Gasteiger partial charge < -0.3 is 4.90 Å². The Morgan fingerprint density at radius 3 is 2.77 bits per heavy atom. The lowest BCUT2D eigenvalue weighted by Crippen LogP contribution is -2.29. The second-order valence-corrected chi connectivity index (χ2v) is 4.98. The van der Waals surface area contributed by atoms with E-state index in [0.29, 0.717) is 11.8 Å². The Morgan fingerprint density at radius 1 is 1.38 bits per heavy atom. The lowest BCUT2D eigenvalue weighted by atomic mass is 10.1. The summed E-state index contributed by atoms with van der Waals surface area (Å²) in [6.45, 7) is 2.02. The average molecular weight is 246 g/mol. The van der Waals surface area contributed by atoms with Gasteiger partial charge >= 0.3 is 0 Å². The summed E-state index contributed by atoms with van der Waals surface area (Å²) >= 11 is 3.45. The van der Waals surface area contributed by atoms with Crippen LogP contribution in [0.2, 0.25) is 0 Å². The summed E-state index contributed by atoms with van der Waals surface area (Å²) in [6, 6.07) is 0. The van der Waals surface area contributed by atoms with E-state index in [-0.39, 0.29) is 0 Å². The number of hydrogen-bond acceptors (Lipinski definition) is 1. The molecule has 1 aliphatic carbocycles. The highest BCUT2D eigenvalue weighted by Crippen LogP contribution is 2.33. The summed E-state index contributed by atoms with van der Waals surface area (Å²) in [5.74, 6) is 1.59. The highest BCUT2D eigenvalue weighted by atomic mass is 79.9. The first kappa shape index (κ1) is 9.50. The van der Waals surface area contributed by atoms with E-state index in [0.717, 1.165) is 37.2 Å². The standard InChI is InChI=1S/C10H16BrNO/c11-5-3-8-4-6-12(7-8)10(13)9-1-2-9/h8-9H,1-7H2. The van der Waals surface area contributed by atoms with Crippen LogP contribution in [-0.4, -0.2) is 29.2 Å². The molecule has 0 spiro atoms. The summed E-state index contributed by atoms with van der Waals surface area (Å²) in [5, 5.41) is 1.07. The first-order chi connectivity index (χ1) is 6.31. The van der Waals surface area contributed by atoms with Gasteiger partial charge in [0.25, 0.3) is 0 Å². The number of amides is 1. The van der Waals surface area contributed by atoms with Gasteiger partial charge in [0.1, 0.15) is 0 Å². The molecule has 3 heteroatoms. The molecule has 1 saturated heterocycles. The normalized spacial score (nSPS) is 28.1. The minimum atomic E-state index is 0.405. The van der Waals surface area contributed by atoms with Crippen LogP contribution in [-0.2, 0) is 4.79 Å². The number of halogens is 1. The number of carbonyl (C=O) groups excluding carboxylic acids is 1. The van der Waals surface area contributed by atoms with Gasteiger partial charge in [0, 0.05) is 24.3 Å². The predicted octanol–water partition coefficient (Wildman–Crippen LogP) is 2.03. The van der Waals surface area contributed by atoms with Crippen LogP contribution in [0.25, 0.3) is 0 Å². The van der Waals surface area contributed by atoms with Gasteiger partial charge in [0.2, 0.25) is 5.91 Å².